The number of nitrogens with one attached hydrogen (secondary N) is 1. The maximum atomic E-state index is 12.3. The number of carbonyl (C=O) groups is 1. The summed E-state index contributed by atoms with van der Waals surface area (Å²) in [4.78, 5) is 20.8. The molecule has 1 aromatic carbocycles. The summed E-state index contributed by atoms with van der Waals surface area (Å²) < 4.78 is 1.62. The van der Waals surface area contributed by atoms with E-state index in [9.17, 15) is 4.79 Å². The Morgan fingerprint density at radius 2 is 1.96 bits per heavy atom. The molecule has 0 spiro atoms. The zero-order valence-electron chi connectivity index (χ0n) is 15.0. The van der Waals surface area contributed by atoms with Crippen LogP contribution in [-0.4, -0.2) is 25.5 Å². The Morgan fingerprint density at radius 3 is 2.65 bits per heavy atom. The lowest BCUT2D eigenvalue weighted by atomic mass is 10.1. The van der Waals surface area contributed by atoms with Crippen molar-refractivity contribution in [3.63, 3.8) is 0 Å². The van der Waals surface area contributed by atoms with Gasteiger partial charge in [-0.3, -0.25) is 4.79 Å². The molecule has 3 N–H and O–H groups in total. The Morgan fingerprint density at radius 1 is 1.27 bits per heavy atom. The first kappa shape index (κ1) is 18.1. The lowest BCUT2D eigenvalue weighted by Gasteiger charge is -2.15. The quantitative estimate of drug-likeness (QED) is 0.717. The number of nitrogen functional groups attached to an aromatic ring is 1. The van der Waals surface area contributed by atoms with Gasteiger partial charge in [0.15, 0.2) is 0 Å². The molecule has 0 bridgehead atoms. The van der Waals surface area contributed by atoms with E-state index in [-0.39, 0.29) is 17.9 Å². The molecule has 1 amide bonds. The van der Waals surface area contributed by atoms with Crippen molar-refractivity contribution in [2.24, 2.45) is 0 Å². The number of benzene rings is 1. The van der Waals surface area contributed by atoms with Crippen LogP contribution in [0.1, 0.15) is 41.9 Å². The highest BCUT2D eigenvalue weighted by Gasteiger charge is 2.15. The van der Waals surface area contributed by atoms with Gasteiger partial charge in [0, 0.05) is 22.8 Å². The summed E-state index contributed by atoms with van der Waals surface area (Å²) in [6.45, 7) is 5.78. The summed E-state index contributed by atoms with van der Waals surface area (Å²) in [6, 6.07) is 7.37. The molecule has 1 atom stereocenters. The molecule has 8 heteroatoms. The van der Waals surface area contributed by atoms with Gasteiger partial charge in [-0.2, -0.15) is 9.50 Å². The van der Waals surface area contributed by atoms with E-state index in [1.807, 2.05) is 45.0 Å². The van der Waals surface area contributed by atoms with Crippen LogP contribution in [0.25, 0.3) is 5.78 Å². The van der Waals surface area contributed by atoms with Crippen LogP contribution in [0.4, 0.5) is 5.95 Å². The summed E-state index contributed by atoms with van der Waals surface area (Å²) in [5, 5.41) is 7.83. The van der Waals surface area contributed by atoms with Crippen LogP contribution in [0.2, 0.25) is 5.02 Å². The highest BCUT2D eigenvalue weighted by atomic mass is 35.5. The van der Waals surface area contributed by atoms with Crippen molar-refractivity contribution in [1.29, 1.82) is 0 Å². The van der Waals surface area contributed by atoms with Crippen molar-refractivity contribution in [2.45, 2.75) is 39.7 Å². The topological polar surface area (TPSA) is 98.2 Å². The van der Waals surface area contributed by atoms with Gasteiger partial charge in [0.25, 0.3) is 5.78 Å². The van der Waals surface area contributed by atoms with Crippen molar-refractivity contribution < 1.29 is 4.79 Å². The SMILES string of the molecule is Cc1nc2nc(N)nn2c(C)c1CCC(=O)N[C@H](C)c1ccc(Cl)cc1. The minimum absolute atomic E-state index is 0.0237. The molecule has 2 aromatic heterocycles. The monoisotopic (exact) mass is 372 g/mol. The average molecular weight is 373 g/mol. The first-order valence-electron chi connectivity index (χ1n) is 8.38. The number of carbonyl (C=O) groups excluding carboxylic acids is 1. The van der Waals surface area contributed by atoms with E-state index in [2.05, 4.69) is 20.4 Å². The molecular formula is C18H21ClN6O. The minimum Gasteiger partial charge on any atom is -0.366 e. The van der Waals surface area contributed by atoms with Gasteiger partial charge < -0.3 is 11.1 Å². The first-order chi connectivity index (χ1) is 12.3. The average Bonchev–Trinajstić information content (AvgIpc) is 2.95. The predicted molar refractivity (Wildman–Crippen MR) is 101 cm³/mol. The van der Waals surface area contributed by atoms with Crippen molar-refractivity contribution in [3.8, 4) is 0 Å². The zero-order valence-corrected chi connectivity index (χ0v) is 15.7. The van der Waals surface area contributed by atoms with E-state index in [4.69, 9.17) is 17.3 Å². The normalized spacial score (nSPS) is 12.3. The smallest absolute Gasteiger partial charge is 0.254 e. The molecule has 0 fully saturated rings. The molecule has 136 valence electrons. The highest BCUT2D eigenvalue weighted by Crippen LogP contribution is 2.18. The van der Waals surface area contributed by atoms with Gasteiger partial charge in [0.05, 0.1) is 6.04 Å². The molecule has 3 rings (SSSR count). The van der Waals surface area contributed by atoms with Gasteiger partial charge in [-0.1, -0.05) is 23.7 Å². The second kappa shape index (κ2) is 7.29. The molecule has 3 aromatic rings. The van der Waals surface area contributed by atoms with Gasteiger partial charge in [-0.15, -0.1) is 5.10 Å². The molecule has 26 heavy (non-hydrogen) atoms. The fraction of sp³-hybridized carbons (Fsp3) is 0.333. The standard InChI is InChI=1S/C18H21ClN6O/c1-10(13-4-6-14(19)7-5-13)21-16(26)9-8-15-11(2)22-18-23-17(20)24-25(18)12(15)3/h4-7,10H,8-9H2,1-3H3,(H2,20,24)(H,21,26)/t10-/m1/s1. The van der Waals surface area contributed by atoms with Crippen molar-refractivity contribution in [1.82, 2.24) is 24.9 Å². The fourth-order valence-electron chi connectivity index (χ4n) is 2.97. The van der Waals surface area contributed by atoms with Crippen LogP contribution in [0.5, 0.6) is 0 Å². The lowest BCUT2D eigenvalue weighted by Crippen LogP contribution is -2.27. The summed E-state index contributed by atoms with van der Waals surface area (Å²) in [7, 11) is 0. The second-order valence-corrected chi connectivity index (χ2v) is 6.72. The number of hydrogen-bond acceptors (Lipinski definition) is 5. The minimum atomic E-state index is -0.0855. The summed E-state index contributed by atoms with van der Waals surface area (Å²) in [5.41, 5.74) is 9.37. The third-order valence-corrected chi connectivity index (χ3v) is 4.67. The maximum absolute atomic E-state index is 12.3. The lowest BCUT2D eigenvalue weighted by molar-refractivity contribution is -0.121. The third-order valence-electron chi connectivity index (χ3n) is 4.41. The van der Waals surface area contributed by atoms with E-state index in [0.29, 0.717) is 23.6 Å². The van der Waals surface area contributed by atoms with E-state index in [1.54, 1.807) is 4.52 Å². The fourth-order valence-corrected chi connectivity index (χ4v) is 3.10. The Kier molecular flexibility index (Phi) is 5.08. The predicted octanol–water partition coefficient (Wildman–Crippen LogP) is 2.79. The van der Waals surface area contributed by atoms with Gasteiger partial charge in [-0.25, -0.2) is 4.98 Å². The maximum Gasteiger partial charge on any atom is 0.254 e. The molecule has 0 unspecified atom stereocenters. The number of amides is 1. The van der Waals surface area contributed by atoms with E-state index in [0.717, 1.165) is 22.5 Å². The highest BCUT2D eigenvalue weighted by molar-refractivity contribution is 6.30. The van der Waals surface area contributed by atoms with Crippen molar-refractivity contribution >= 4 is 29.2 Å². The third kappa shape index (κ3) is 3.77. The molecule has 0 aliphatic rings. The number of nitrogens with zero attached hydrogens (tertiary/aromatic N) is 4. The first-order valence-corrected chi connectivity index (χ1v) is 8.76. The van der Waals surface area contributed by atoms with Crippen LogP contribution in [0.15, 0.2) is 24.3 Å². The number of halogens is 1. The molecular weight excluding hydrogens is 352 g/mol. The van der Waals surface area contributed by atoms with Crippen LogP contribution in [-0.2, 0) is 11.2 Å². The van der Waals surface area contributed by atoms with Crippen LogP contribution in [0.3, 0.4) is 0 Å². The molecule has 0 saturated heterocycles. The number of fused-ring (bicyclic) bond motifs is 1. The Hall–Kier alpha value is -2.67. The van der Waals surface area contributed by atoms with Gasteiger partial charge in [0.1, 0.15) is 0 Å². The molecule has 0 saturated carbocycles. The summed E-state index contributed by atoms with van der Waals surface area (Å²) in [5.74, 6) is 0.637. The Balaban J connectivity index is 1.67. The van der Waals surface area contributed by atoms with Crippen molar-refractivity contribution in [3.05, 3.63) is 51.8 Å². The zero-order chi connectivity index (χ0) is 18.8. The molecule has 7 nitrogen and oxygen atoms in total. The number of aryl methyl sites for hydroxylation is 2. The van der Waals surface area contributed by atoms with Crippen LogP contribution >= 0.6 is 11.6 Å². The summed E-state index contributed by atoms with van der Waals surface area (Å²) >= 11 is 5.90. The largest absolute Gasteiger partial charge is 0.366 e. The van der Waals surface area contributed by atoms with E-state index >= 15 is 0 Å². The molecule has 0 aliphatic carbocycles. The number of nitrogens with two attached hydrogens (primary N) is 1. The Labute approximate surface area is 156 Å². The van der Waals surface area contributed by atoms with Gasteiger partial charge in [0.2, 0.25) is 11.9 Å². The van der Waals surface area contributed by atoms with E-state index < -0.39 is 0 Å². The van der Waals surface area contributed by atoms with Crippen molar-refractivity contribution in [2.75, 3.05) is 5.73 Å². The van der Waals surface area contributed by atoms with Gasteiger partial charge >= 0.3 is 0 Å². The Bertz CT molecular complexity index is 950. The van der Waals surface area contributed by atoms with Gasteiger partial charge in [-0.05, 0) is 50.5 Å². The van der Waals surface area contributed by atoms with Crippen LogP contribution < -0.4 is 11.1 Å². The number of anilines is 1. The summed E-state index contributed by atoms with van der Waals surface area (Å²) in [6.07, 6.45) is 0.927. The second-order valence-electron chi connectivity index (χ2n) is 6.28. The number of aromatic nitrogens is 4. The molecule has 0 aliphatic heterocycles. The van der Waals surface area contributed by atoms with Crippen LogP contribution in [0, 0.1) is 13.8 Å². The molecule has 0 radical (unpaired) electrons. The van der Waals surface area contributed by atoms with E-state index in [1.165, 1.54) is 0 Å². The molecule has 2 heterocycles. The number of rotatable bonds is 5. The number of hydrogen-bond donors (Lipinski definition) is 2.